The third-order valence-electron chi connectivity index (χ3n) is 5.88. The number of fused-ring (bicyclic) bond motifs is 5. The van der Waals surface area contributed by atoms with Gasteiger partial charge in [0.15, 0.2) is 5.65 Å². The van der Waals surface area contributed by atoms with E-state index in [9.17, 15) is 4.79 Å². The van der Waals surface area contributed by atoms with E-state index in [2.05, 4.69) is 28.9 Å². The summed E-state index contributed by atoms with van der Waals surface area (Å²) in [5.41, 5.74) is 2.16. The number of piperidine rings is 1. The first kappa shape index (κ1) is 16.2. The molecule has 0 aromatic carbocycles. The lowest BCUT2D eigenvalue weighted by Crippen LogP contribution is -2.42. The molecule has 136 valence electrons. The summed E-state index contributed by atoms with van der Waals surface area (Å²) in [4.78, 5) is 26.6. The maximum atomic E-state index is 13.0. The van der Waals surface area contributed by atoms with E-state index in [1.165, 1.54) is 23.3 Å². The highest BCUT2D eigenvalue weighted by Gasteiger charge is 2.29. The van der Waals surface area contributed by atoms with Crippen molar-refractivity contribution in [3.63, 3.8) is 0 Å². The lowest BCUT2D eigenvalue weighted by Gasteiger charge is -2.32. The van der Waals surface area contributed by atoms with E-state index in [0.717, 1.165) is 48.1 Å². The number of amides is 1. The van der Waals surface area contributed by atoms with Crippen molar-refractivity contribution in [1.82, 2.24) is 24.5 Å². The number of rotatable bonds is 1. The van der Waals surface area contributed by atoms with Crippen molar-refractivity contribution in [2.45, 2.75) is 58.4 Å². The molecule has 3 aromatic heterocycles. The van der Waals surface area contributed by atoms with Crippen LogP contribution in [0.1, 0.15) is 60.6 Å². The Bertz CT molecular complexity index is 1010. The van der Waals surface area contributed by atoms with Gasteiger partial charge in [0, 0.05) is 17.5 Å². The summed E-state index contributed by atoms with van der Waals surface area (Å²) in [7, 11) is 0. The van der Waals surface area contributed by atoms with E-state index >= 15 is 0 Å². The normalized spacial score (nSPS) is 23.5. The van der Waals surface area contributed by atoms with Crippen LogP contribution in [0.15, 0.2) is 6.33 Å². The molecule has 0 bridgehead atoms. The average molecular weight is 369 g/mol. The molecule has 1 aliphatic heterocycles. The fourth-order valence-corrected chi connectivity index (χ4v) is 5.54. The van der Waals surface area contributed by atoms with Crippen molar-refractivity contribution in [1.29, 1.82) is 0 Å². The van der Waals surface area contributed by atoms with Crippen LogP contribution >= 0.6 is 11.3 Å². The van der Waals surface area contributed by atoms with E-state index < -0.39 is 0 Å². The summed E-state index contributed by atoms with van der Waals surface area (Å²) < 4.78 is 1.69. The lowest BCUT2D eigenvalue weighted by atomic mass is 9.89. The number of hydrogen-bond acceptors (Lipinski definition) is 5. The summed E-state index contributed by atoms with van der Waals surface area (Å²) in [6, 6.07) is 0.260. The van der Waals surface area contributed by atoms with Crippen molar-refractivity contribution in [3.05, 3.63) is 22.6 Å². The number of likely N-dealkylation sites (tertiary alicyclic amines) is 1. The van der Waals surface area contributed by atoms with Gasteiger partial charge >= 0.3 is 0 Å². The highest BCUT2D eigenvalue weighted by molar-refractivity contribution is 7.19. The number of thiophene rings is 1. The minimum atomic E-state index is -0.0495. The third-order valence-corrected chi connectivity index (χ3v) is 7.08. The molecule has 3 aromatic rings. The molecule has 0 radical (unpaired) electrons. The highest BCUT2D eigenvalue weighted by atomic mass is 32.1. The van der Waals surface area contributed by atoms with Gasteiger partial charge in [0.1, 0.15) is 11.2 Å². The molecule has 5 rings (SSSR count). The van der Waals surface area contributed by atoms with Gasteiger partial charge in [-0.25, -0.2) is 14.5 Å². The number of aromatic nitrogens is 4. The van der Waals surface area contributed by atoms with E-state index in [1.807, 2.05) is 4.90 Å². The van der Waals surface area contributed by atoms with E-state index in [1.54, 1.807) is 22.2 Å². The zero-order valence-electron chi connectivity index (χ0n) is 15.2. The monoisotopic (exact) mass is 369 g/mol. The number of hydrogen-bond donors (Lipinski definition) is 0. The number of carbonyl (C=O) groups is 1. The van der Waals surface area contributed by atoms with Crippen molar-refractivity contribution in [3.8, 4) is 0 Å². The van der Waals surface area contributed by atoms with Crippen LogP contribution in [-0.2, 0) is 12.8 Å². The molecule has 1 saturated heterocycles. The van der Waals surface area contributed by atoms with Crippen LogP contribution in [0.2, 0.25) is 0 Å². The summed E-state index contributed by atoms with van der Waals surface area (Å²) in [6.07, 6.45) is 8.43. The second-order valence-corrected chi connectivity index (χ2v) is 8.91. The predicted octanol–water partition coefficient (Wildman–Crippen LogP) is 3.48. The third kappa shape index (κ3) is 2.44. The van der Waals surface area contributed by atoms with Crippen molar-refractivity contribution < 1.29 is 4.79 Å². The Morgan fingerprint density at radius 2 is 2.15 bits per heavy atom. The Hall–Kier alpha value is -2.02. The molecule has 0 unspecified atom stereocenters. The summed E-state index contributed by atoms with van der Waals surface area (Å²) in [6.45, 7) is 5.22. The van der Waals surface area contributed by atoms with Gasteiger partial charge in [-0.05, 0) is 56.9 Å². The first-order valence-electron chi connectivity index (χ1n) is 9.58. The van der Waals surface area contributed by atoms with Gasteiger partial charge in [0.2, 0.25) is 5.82 Å². The minimum absolute atomic E-state index is 0.0495. The molecule has 1 aliphatic carbocycles. The highest BCUT2D eigenvalue weighted by Crippen LogP contribution is 2.38. The summed E-state index contributed by atoms with van der Waals surface area (Å²) in [5, 5.41) is 5.59. The largest absolute Gasteiger partial charge is 0.333 e. The molecule has 4 heterocycles. The molecule has 7 heteroatoms. The predicted molar refractivity (Wildman–Crippen MR) is 102 cm³/mol. The standard InChI is InChI=1S/C19H23N5OS/c1-11-6-7-14-13(9-11)15-17-21-16(22-24(17)10-20-18(15)26-14)19(25)23-8-4-3-5-12(23)2/h10-12H,3-9H2,1-2H3/t11-,12-/m1/s1. The van der Waals surface area contributed by atoms with Crippen LogP contribution < -0.4 is 0 Å². The molecule has 26 heavy (non-hydrogen) atoms. The molecular formula is C19H23N5OS. The Balaban J connectivity index is 1.62. The molecule has 2 atom stereocenters. The Morgan fingerprint density at radius 3 is 3.00 bits per heavy atom. The zero-order valence-corrected chi connectivity index (χ0v) is 16.1. The zero-order chi connectivity index (χ0) is 17.8. The van der Waals surface area contributed by atoms with E-state index in [-0.39, 0.29) is 11.9 Å². The molecule has 6 nitrogen and oxygen atoms in total. The second-order valence-electron chi connectivity index (χ2n) is 7.82. The fraction of sp³-hybridized carbons (Fsp3) is 0.579. The van der Waals surface area contributed by atoms with Gasteiger partial charge < -0.3 is 4.90 Å². The van der Waals surface area contributed by atoms with Crippen molar-refractivity contribution in [2.24, 2.45) is 5.92 Å². The number of nitrogens with zero attached hydrogens (tertiary/aromatic N) is 5. The maximum absolute atomic E-state index is 13.0. The molecule has 1 amide bonds. The number of carbonyl (C=O) groups excluding carboxylic acids is 1. The van der Waals surface area contributed by atoms with Gasteiger partial charge in [-0.2, -0.15) is 0 Å². The van der Waals surface area contributed by atoms with Crippen LogP contribution in [0.3, 0.4) is 0 Å². The average Bonchev–Trinajstić information content (AvgIpc) is 3.22. The SMILES string of the molecule is C[C@@H]1CCc2sc3ncn4nc(C(=O)N5CCCC[C@H]5C)nc4c3c2C1. The van der Waals surface area contributed by atoms with Crippen LogP contribution in [0, 0.1) is 5.92 Å². The van der Waals surface area contributed by atoms with Crippen molar-refractivity contribution in [2.75, 3.05) is 6.54 Å². The van der Waals surface area contributed by atoms with Gasteiger partial charge in [0.25, 0.3) is 5.91 Å². The van der Waals surface area contributed by atoms with Crippen LogP contribution in [-0.4, -0.2) is 43.0 Å². The maximum Gasteiger partial charge on any atom is 0.293 e. The Morgan fingerprint density at radius 1 is 1.27 bits per heavy atom. The van der Waals surface area contributed by atoms with Gasteiger partial charge in [-0.1, -0.05) is 6.92 Å². The first-order chi connectivity index (χ1) is 12.6. The molecule has 0 spiro atoms. The molecule has 2 aliphatic rings. The molecule has 1 fully saturated rings. The van der Waals surface area contributed by atoms with Gasteiger partial charge in [-0.3, -0.25) is 4.79 Å². The lowest BCUT2D eigenvalue weighted by molar-refractivity contribution is 0.0623. The number of aryl methyl sites for hydroxylation is 1. The quantitative estimate of drug-likeness (QED) is 0.659. The van der Waals surface area contributed by atoms with Gasteiger partial charge in [-0.15, -0.1) is 16.4 Å². The topological polar surface area (TPSA) is 63.4 Å². The summed E-state index contributed by atoms with van der Waals surface area (Å²) in [5.74, 6) is 0.933. The van der Waals surface area contributed by atoms with Crippen LogP contribution in [0.5, 0.6) is 0 Å². The van der Waals surface area contributed by atoms with Crippen LogP contribution in [0.4, 0.5) is 0 Å². The second kappa shape index (κ2) is 6.01. The Kier molecular flexibility index (Phi) is 3.74. The Labute approximate surface area is 156 Å². The van der Waals surface area contributed by atoms with Crippen LogP contribution in [0.25, 0.3) is 15.9 Å². The van der Waals surface area contributed by atoms with E-state index in [0.29, 0.717) is 11.7 Å². The summed E-state index contributed by atoms with van der Waals surface area (Å²) >= 11 is 1.78. The molecule has 0 saturated carbocycles. The van der Waals surface area contributed by atoms with Crippen molar-refractivity contribution >= 4 is 33.1 Å². The molecule has 0 N–H and O–H groups in total. The fourth-order valence-electron chi connectivity index (χ4n) is 4.37. The first-order valence-corrected chi connectivity index (χ1v) is 10.4. The minimum Gasteiger partial charge on any atom is -0.333 e. The van der Waals surface area contributed by atoms with Gasteiger partial charge in [0.05, 0.1) is 5.39 Å². The van der Waals surface area contributed by atoms with E-state index in [4.69, 9.17) is 0 Å². The molecular weight excluding hydrogens is 346 g/mol. The smallest absolute Gasteiger partial charge is 0.293 e.